The zero-order valence-corrected chi connectivity index (χ0v) is 13.7. The van der Waals surface area contributed by atoms with Gasteiger partial charge in [-0.1, -0.05) is 30.3 Å². The molecule has 3 nitrogen and oxygen atoms in total. The van der Waals surface area contributed by atoms with Gasteiger partial charge in [0, 0.05) is 24.4 Å². The lowest BCUT2D eigenvalue weighted by atomic mass is 10.2. The largest absolute Gasteiger partial charge is 0.343 e. The summed E-state index contributed by atoms with van der Waals surface area (Å²) >= 11 is 1.66. The molecule has 1 aromatic heterocycles. The van der Waals surface area contributed by atoms with Gasteiger partial charge in [-0.2, -0.15) is 0 Å². The van der Waals surface area contributed by atoms with Gasteiger partial charge in [-0.15, -0.1) is 11.3 Å². The van der Waals surface area contributed by atoms with Crippen LogP contribution in [-0.2, 0) is 17.6 Å². The van der Waals surface area contributed by atoms with Crippen LogP contribution < -0.4 is 0 Å². The molecular formula is C17H22N2OS. The van der Waals surface area contributed by atoms with Gasteiger partial charge < -0.3 is 4.90 Å². The van der Waals surface area contributed by atoms with Crippen LogP contribution in [0.4, 0.5) is 0 Å². The number of amides is 1. The van der Waals surface area contributed by atoms with E-state index >= 15 is 0 Å². The normalized spacial score (nSPS) is 10.6. The molecule has 0 aliphatic heterocycles. The number of hydrogen-bond acceptors (Lipinski definition) is 3. The molecule has 0 aliphatic carbocycles. The first-order valence-corrected chi connectivity index (χ1v) is 8.22. The Morgan fingerprint density at radius 1 is 1.19 bits per heavy atom. The lowest BCUT2D eigenvalue weighted by Gasteiger charge is -2.18. The highest BCUT2D eigenvalue weighted by molar-refractivity contribution is 7.11. The zero-order chi connectivity index (χ0) is 15.2. The second kappa shape index (κ2) is 7.36. The van der Waals surface area contributed by atoms with Crippen molar-refractivity contribution in [1.29, 1.82) is 0 Å². The Bertz CT molecular complexity index is 588. The molecule has 2 aromatic rings. The van der Waals surface area contributed by atoms with Crippen LogP contribution in [0.2, 0.25) is 0 Å². The van der Waals surface area contributed by atoms with Gasteiger partial charge in [-0.05, 0) is 26.3 Å². The van der Waals surface area contributed by atoms with Gasteiger partial charge >= 0.3 is 0 Å². The Hall–Kier alpha value is -1.68. The van der Waals surface area contributed by atoms with Gasteiger partial charge in [0.15, 0.2) is 0 Å². The molecule has 0 spiro atoms. The standard InChI is InChI=1S/C17H22N2OS/c1-4-19(5-2)17(20)12-15-13(3)18-16(21-15)11-14-9-7-6-8-10-14/h6-10H,4-5,11-12H2,1-3H3. The number of thiazole rings is 1. The maximum atomic E-state index is 12.2. The van der Waals surface area contributed by atoms with E-state index in [1.165, 1.54) is 5.56 Å². The van der Waals surface area contributed by atoms with Crippen LogP contribution in [0.25, 0.3) is 0 Å². The van der Waals surface area contributed by atoms with Crippen molar-refractivity contribution in [2.75, 3.05) is 13.1 Å². The molecule has 0 saturated carbocycles. The first-order valence-electron chi connectivity index (χ1n) is 7.40. The van der Waals surface area contributed by atoms with E-state index in [-0.39, 0.29) is 5.91 Å². The molecule has 2 rings (SSSR count). The fourth-order valence-electron chi connectivity index (χ4n) is 2.32. The summed E-state index contributed by atoms with van der Waals surface area (Å²) in [5.74, 6) is 0.193. The molecule has 1 aromatic carbocycles. The predicted molar refractivity (Wildman–Crippen MR) is 87.7 cm³/mol. The van der Waals surface area contributed by atoms with Crippen LogP contribution in [0.1, 0.15) is 35.0 Å². The highest BCUT2D eigenvalue weighted by Gasteiger charge is 2.15. The molecule has 0 aliphatic rings. The fraction of sp³-hybridized carbons (Fsp3) is 0.412. The zero-order valence-electron chi connectivity index (χ0n) is 12.9. The molecule has 112 valence electrons. The van der Waals surface area contributed by atoms with Crippen molar-refractivity contribution in [1.82, 2.24) is 9.88 Å². The van der Waals surface area contributed by atoms with Gasteiger partial charge in [0.05, 0.1) is 17.1 Å². The average Bonchev–Trinajstić information content (AvgIpc) is 2.81. The maximum Gasteiger partial charge on any atom is 0.227 e. The van der Waals surface area contributed by atoms with Crippen LogP contribution in [0.5, 0.6) is 0 Å². The summed E-state index contributed by atoms with van der Waals surface area (Å²) in [4.78, 5) is 19.8. The number of benzene rings is 1. The maximum absolute atomic E-state index is 12.2. The molecule has 0 unspecified atom stereocenters. The van der Waals surface area contributed by atoms with E-state index in [0.717, 1.165) is 35.1 Å². The van der Waals surface area contributed by atoms with E-state index in [2.05, 4.69) is 17.1 Å². The molecule has 0 atom stereocenters. The van der Waals surface area contributed by atoms with E-state index in [9.17, 15) is 4.79 Å². The third kappa shape index (κ3) is 4.14. The Morgan fingerprint density at radius 2 is 1.86 bits per heavy atom. The number of rotatable bonds is 6. The van der Waals surface area contributed by atoms with E-state index in [4.69, 9.17) is 0 Å². The van der Waals surface area contributed by atoms with Gasteiger partial charge in [0.25, 0.3) is 0 Å². The van der Waals surface area contributed by atoms with Crippen molar-refractivity contribution in [3.05, 3.63) is 51.5 Å². The highest BCUT2D eigenvalue weighted by atomic mass is 32.1. The second-order valence-electron chi connectivity index (χ2n) is 5.02. The minimum atomic E-state index is 0.193. The summed E-state index contributed by atoms with van der Waals surface area (Å²) in [7, 11) is 0. The Balaban J connectivity index is 2.07. The molecular weight excluding hydrogens is 280 g/mol. The molecule has 1 amide bonds. The summed E-state index contributed by atoms with van der Waals surface area (Å²) in [6, 6.07) is 10.3. The monoisotopic (exact) mass is 302 g/mol. The summed E-state index contributed by atoms with van der Waals surface area (Å²) in [5, 5.41) is 1.08. The average molecular weight is 302 g/mol. The third-order valence-electron chi connectivity index (χ3n) is 3.56. The lowest BCUT2D eigenvalue weighted by Crippen LogP contribution is -2.31. The van der Waals surface area contributed by atoms with Crippen LogP contribution in [0.3, 0.4) is 0 Å². The highest BCUT2D eigenvalue weighted by Crippen LogP contribution is 2.22. The molecule has 0 bridgehead atoms. The van der Waals surface area contributed by atoms with Crippen LogP contribution in [-0.4, -0.2) is 28.9 Å². The van der Waals surface area contributed by atoms with Crippen molar-refractivity contribution in [2.24, 2.45) is 0 Å². The van der Waals surface area contributed by atoms with E-state index in [1.54, 1.807) is 11.3 Å². The Labute approximate surface area is 130 Å². The van der Waals surface area contributed by atoms with Crippen LogP contribution in [0.15, 0.2) is 30.3 Å². The van der Waals surface area contributed by atoms with Crippen molar-refractivity contribution < 1.29 is 4.79 Å². The number of hydrogen-bond donors (Lipinski definition) is 0. The number of aromatic nitrogens is 1. The van der Waals surface area contributed by atoms with Crippen molar-refractivity contribution in [2.45, 2.75) is 33.6 Å². The molecule has 4 heteroatoms. The third-order valence-corrected chi connectivity index (χ3v) is 4.72. The van der Waals surface area contributed by atoms with Crippen LogP contribution in [0, 0.1) is 6.92 Å². The molecule has 0 radical (unpaired) electrons. The summed E-state index contributed by atoms with van der Waals surface area (Å²) < 4.78 is 0. The summed E-state index contributed by atoms with van der Waals surface area (Å²) in [5.41, 5.74) is 2.25. The van der Waals surface area contributed by atoms with Gasteiger partial charge in [-0.3, -0.25) is 4.79 Å². The Morgan fingerprint density at radius 3 is 2.48 bits per heavy atom. The van der Waals surface area contributed by atoms with Gasteiger partial charge in [-0.25, -0.2) is 4.98 Å². The number of carbonyl (C=O) groups excluding carboxylic acids is 1. The van der Waals surface area contributed by atoms with Gasteiger partial charge in [0.2, 0.25) is 5.91 Å². The first kappa shape index (κ1) is 15.7. The van der Waals surface area contributed by atoms with Crippen molar-refractivity contribution in [3.8, 4) is 0 Å². The predicted octanol–water partition coefficient (Wildman–Crippen LogP) is 3.45. The number of nitrogens with zero attached hydrogens (tertiary/aromatic N) is 2. The van der Waals surface area contributed by atoms with Gasteiger partial charge in [0.1, 0.15) is 0 Å². The fourth-order valence-corrected chi connectivity index (χ4v) is 3.42. The summed E-state index contributed by atoms with van der Waals surface area (Å²) in [6.07, 6.45) is 1.31. The molecule has 21 heavy (non-hydrogen) atoms. The van der Waals surface area contributed by atoms with Crippen molar-refractivity contribution in [3.63, 3.8) is 0 Å². The van der Waals surface area contributed by atoms with Crippen LogP contribution >= 0.6 is 11.3 Å². The van der Waals surface area contributed by atoms with Crippen molar-refractivity contribution >= 4 is 17.2 Å². The SMILES string of the molecule is CCN(CC)C(=O)Cc1sc(Cc2ccccc2)nc1C. The minimum Gasteiger partial charge on any atom is -0.343 e. The van der Waals surface area contributed by atoms with E-state index in [1.807, 2.05) is 43.9 Å². The molecule has 0 fully saturated rings. The smallest absolute Gasteiger partial charge is 0.227 e. The molecule has 1 heterocycles. The van der Waals surface area contributed by atoms with E-state index < -0.39 is 0 Å². The molecule has 0 N–H and O–H groups in total. The second-order valence-corrected chi connectivity index (χ2v) is 6.19. The number of aryl methyl sites for hydroxylation is 1. The topological polar surface area (TPSA) is 33.2 Å². The number of carbonyl (C=O) groups is 1. The molecule has 0 saturated heterocycles. The lowest BCUT2D eigenvalue weighted by molar-refractivity contribution is -0.130. The van der Waals surface area contributed by atoms with E-state index in [0.29, 0.717) is 6.42 Å². The minimum absolute atomic E-state index is 0.193. The quantitative estimate of drug-likeness (QED) is 0.819. The first-order chi connectivity index (χ1) is 10.1. The number of likely N-dealkylation sites (N-methyl/N-ethyl adjacent to an activating group) is 1. The summed E-state index contributed by atoms with van der Waals surface area (Å²) in [6.45, 7) is 7.56. The Kier molecular flexibility index (Phi) is 5.51.